The van der Waals surface area contributed by atoms with Crippen molar-refractivity contribution in [1.82, 2.24) is 10.2 Å². The molecule has 0 radical (unpaired) electrons. The smallest absolute Gasteiger partial charge is 0.206 e. The molecule has 0 saturated heterocycles. The highest BCUT2D eigenvalue weighted by Gasteiger charge is 2.05. The molecule has 2 aromatic rings. The number of hydrogen-bond donors (Lipinski definition) is 1. The topological polar surface area (TPSA) is 37.8 Å². The molecule has 3 nitrogen and oxygen atoms in total. The van der Waals surface area contributed by atoms with Crippen molar-refractivity contribution in [2.45, 2.75) is 13.3 Å². The van der Waals surface area contributed by atoms with Gasteiger partial charge in [0.25, 0.3) is 0 Å². The Bertz CT molecular complexity index is 470. The molecule has 0 bridgehead atoms. The van der Waals surface area contributed by atoms with Gasteiger partial charge in [-0.1, -0.05) is 42.0 Å². The molecule has 0 aliphatic rings. The summed E-state index contributed by atoms with van der Waals surface area (Å²) in [5.41, 5.74) is 1.01. The molecule has 0 amide bonds. The van der Waals surface area contributed by atoms with Crippen molar-refractivity contribution in [1.29, 1.82) is 0 Å². The van der Waals surface area contributed by atoms with E-state index in [1.165, 1.54) is 0 Å². The molecule has 1 aromatic heterocycles. The van der Waals surface area contributed by atoms with Crippen molar-refractivity contribution in [2.24, 2.45) is 0 Å². The van der Waals surface area contributed by atoms with E-state index in [1.54, 1.807) is 11.3 Å². The van der Waals surface area contributed by atoms with Crippen LogP contribution in [0, 0.1) is 0 Å². The lowest BCUT2D eigenvalue weighted by atomic mass is 10.2. The molecule has 1 heterocycles. The summed E-state index contributed by atoms with van der Waals surface area (Å²) in [5, 5.41) is 13.9. The summed E-state index contributed by atoms with van der Waals surface area (Å²) in [7, 11) is 0. The minimum absolute atomic E-state index is 0.718. The summed E-state index contributed by atoms with van der Waals surface area (Å²) in [5.74, 6) is 0. The quantitative estimate of drug-likeness (QED) is 0.903. The molecule has 0 fully saturated rings. The van der Waals surface area contributed by atoms with Gasteiger partial charge in [-0.15, -0.1) is 10.2 Å². The molecule has 0 unspecified atom stereocenters. The number of anilines is 1. The van der Waals surface area contributed by atoms with Crippen molar-refractivity contribution >= 4 is 28.1 Å². The van der Waals surface area contributed by atoms with Gasteiger partial charge in [0.05, 0.1) is 0 Å². The molecular formula is C11H12ClN3S. The van der Waals surface area contributed by atoms with Gasteiger partial charge >= 0.3 is 0 Å². The molecule has 0 aliphatic heterocycles. The molecule has 1 N–H and O–H groups in total. The first kappa shape index (κ1) is 11.4. The van der Waals surface area contributed by atoms with E-state index in [1.807, 2.05) is 24.3 Å². The highest BCUT2D eigenvalue weighted by atomic mass is 35.5. The summed E-state index contributed by atoms with van der Waals surface area (Å²) in [6, 6.07) is 7.64. The molecule has 2 rings (SSSR count). The van der Waals surface area contributed by atoms with Gasteiger partial charge in [0.15, 0.2) is 0 Å². The number of hydrogen-bond acceptors (Lipinski definition) is 4. The minimum atomic E-state index is 0.718. The minimum Gasteiger partial charge on any atom is -0.360 e. The molecule has 0 aliphatic carbocycles. The molecule has 1 aromatic carbocycles. The van der Waals surface area contributed by atoms with Crippen LogP contribution in [0.3, 0.4) is 0 Å². The average Bonchev–Trinajstić information content (AvgIpc) is 2.75. The lowest BCUT2D eigenvalue weighted by molar-refractivity contribution is 0.964. The Kier molecular flexibility index (Phi) is 3.74. The van der Waals surface area contributed by atoms with Gasteiger partial charge in [0.1, 0.15) is 5.01 Å². The highest BCUT2D eigenvalue weighted by molar-refractivity contribution is 7.18. The van der Waals surface area contributed by atoms with Gasteiger partial charge in [-0.25, -0.2) is 0 Å². The summed E-state index contributed by atoms with van der Waals surface area (Å²) in [6.45, 7) is 3.04. The monoisotopic (exact) mass is 253 g/mol. The number of aromatic nitrogens is 2. The van der Waals surface area contributed by atoms with Gasteiger partial charge in [-0.3, -0.25) is 0 Å². The first-order valence-electron chi connectivity index (χ1n) is 5.13. The SMILES string of the molecule is CCCNc1nnc(-c2cccc(Cl)c2)s1. The lowest BCUT2D eigenvalue weighted by Gasteiger charge is -1.96. The fraction of sp³-hybridized carbons (Fsp3) is 0.273. The number of benzene rings is 1. The fourth-order valence-corrected chi connectivity index (χ4v) is 2.22. The van der Waals surface area contributed by atoms with Crippen molar-refractivity contribution in [3.63, 3.8) is 0 Å². The van der Waals surface area contributed by atoms with E-state index < -0.39 is 0 Å². The number of halogens is 1. The predicted molar refractivity (Wildman–Crippen MR) is 69.1 cm³/mol. The number of nitrogens with zero attached hydrogens (tertiary/aromatic N) is 2. The van der Waals surface area contributed by atoms with Crippen molar-refractivity contribution < 1.29 is 0 Å². The van der Waals surface area contributed by atoms with Crippen LogP contribution >= 0.6 is 22.9 Å². The van der Waals surface area contributed by atoms with E-state index in [2.05, 4.69) is 22.4 Å². The molecule has 0 spiro atoms. The van der Waals surface area contributed by atoms with E-state index in [-0.39, 0.29) is 0 Å². The van der Waals surface area contributed by atoms with Gasteiger partial charge in [-0.2, -0.15) is 0 Å². The largest absolute Gasteiger partial charge is 0.360 e. The van der Waals surface area contributed by atoms with Crippen LogP contribution in [0.1, 0.15) is 13.3 Å². The van der Waals surface area contributed by atoms with Gasteiger partial charge < -0.3 is 5.32 Å². The molecule has 0 saturated carbocycles. The molecule has 5 heteroatoms. The zero-order valence-corrected chi connectivity index (χ0v) is 10.5. The summed E-state index contributed by atoms with van der Waals surface area (Å²) < 4.78 is 0. The zero-order chi connectivity index (χ0) is 11.4. The second-order valence-corrected chi connectivity index (χ2v) is 4.76. The maximum Gasteiger partial charge on any atom is 0.206 e. The van der Waals surface area contributed by atoms with Crippen LogP contribution in [0.2, 0.25) is 5.02 Å². The fourth-order valence-electron chi connectivity index (χ4n) is 1.26. The van der Waals surface area contributed by atoms with Crippen LogP contribution in [0.5, 0.6) is 0 Å². The standard InChI is InChI=1S/C11H12ClN3S/c1-2-6-13-11-15-14-10(16-11)8-4-3-5-9(12)7-8/h3-5,7H,2,6H2,1H3,(H,13,15). The Labute approximate surface area is 103 Å². The van der Waals surface area contributed by atoms with Crippen molar-refractivity contribution in [2.75, 3.05) is 11.9 Å². The van der Waals surface area contributed by atoms with Crippen LogP contribution in [-0.4, -0.2) is 16.7 Å². The van der Waals surface area contributed by atoms with Gasteiger partial charge in [0, 0.05) is 17.1 Å². The second kappa shape index (κ2) is 5.27. The van der Waals surface area contributed by atoms with Gasteiger partial charge in [-0.05, 0) is 18.6 Å². The Morgan fingerprint density at radius 3 is 3.00 bits per heavy atom. The van der Waals surface area contributed by atoms with Crippen LogP contribution in [-0.2, 0) is 0 Å². The number of rotatable bonds is 4. The third kappa shape index (κ3) is 2.71. The van der Waals surface area contributed by atoms with Crippen LogP contribution in [0.15, 0.2) is 24.3 Å². The Hall–Kier alpha value is -1.13. The van der Waals surface area contributed by atoms with Crippen LogP contribution < -0.4 is 5.32 Å². The summed E-state index contributed by atoms with van der Waals surface area (Å²) >= 11 is 7.47. The number of nitrogens with one attached hydrogen (secondary N) is 1. The molecular weight excluding hydrogens is 242 g/mol. The molecule has 16 heavy (non-hydrogen) atoms. The van der Waals surface area contributed by atoms with Crippen molar-refractivity contribution in [3.05, 3.63) is 29.3 Å². The Morgan fingerprint density at radius 1 is 1.38 bits per heavy atom. The van der Waals surface area contributed by atoms with Gasteiger partial charge in [0.2, 0.25) is 5.13 Å². The maximum atomic E-state index is 5.93. The molecule has 0 atom stereocenters. The van der Waals surface area contributed by atoms with E-state index in [9.17, 15) is 0 Å². The third-order valence-corrected chi connectivity index (χ3v) is 3.19. The van der Waals surface area contributed by atoms with E-state index in [0.29, 0.717) is 0 Å². The first-order chi connectivity index (χ1) is 7.79. The van der Waals surface area contributed by atoms with E-state index in [0.717, 1.165) is 33.7 Å². The van der Waals surface area contributed by atoms with Crippen LogP contribution in [0.4, 0.5) is 5.13 Å². The second-order valence-electron chi connectivity index (χ2n) is 3.35. The Morgan fingerprint density at radius 2 is 2.25 bits per heavy atom. The normalized spacial score (nSPS) is 10.4. The first-order valence-corrected chi connectivity index (χ1v) is 6.32. The third-order valence-electron chi connectivity index (χ3n) is 2.02. The average molecular weight is 254 g/mol. The lowest BCUT2D eigenvalue weighted by Crippen LogP contribution is -1.98. The summed E-state index contributed by atoms with van der Waals surface area (Å²) in [4.78, 5) is 0. The Balaban J connectivity index is 2.18. The van der Waals surface area contributed by atoms with Crippen molar-refractivity contribution in [3.8, 4) is 10.6 Å². The highest BCUT2D eigenvalue weighted by Crippen LogP contribution is 2.27. The van der Waals surface area contributed by atoms with E-state index >= 15 is 0 Å². The molecule has 84 valence electrons. The van der Waals surface area contributed by atoms with E-state index in [4.69, 9.17) is 11.6 Å². The van der Waals surface area contributed by atoms with Crippen LogP contribution in [0.25, 0.3) is 10.6 Å². The predicted octanol–water partition coefficient (Wildman–Crippen LogP) is 3.68. The summed E-state index contributed by atoms with van der Waals surface area (Å²) in [6.07, 6.45) is 1.08. The maximum absolute atomic E-state index is 5.93. The zero-order valence-electron chi connectivity index (χ0n) is 8.90.